The molecule has 2 aromatic rings. The normalized spacial score (nSPS) is 14.7. The maximum Gasteiger partial charge on any atom is 0.311 e. The highest BCUT2D eigenvalue weighted by Gasteiger charge is 2.37. The van der Waals surface area contributed by atoms with Crippen molar-refractivity contribution in [2.45, 2.75) is 13.3 Å². The molecule has 2 aromatic carbocycles. The molecule has 1 aliphatic rings. The minimum Gasteiger partial charge on any atom is -0.496 e. The molecular formula is C23H24N4O9. The number of carbonyl (C=O) groups excluding carboxylic acids is 4. The van der Waals surface area contributed by atoms with Crippen molar-refractivity contribution in [3.8, 4) is 11.5 Å². The number of esters is 1. The number of anilines is 1. The Labute approximate surface area is 205 Å². The maximum atomic E-state index is 12.8. The second-order valence-electron chi connectivity index (χ2n) is 7.80. The number of amides is 3. The maximum absolute atomic E-state index is 12.8. The molecule has 0 aliphatic carbocycles. The van der Waals surface area contributed by atoms with Gasteiger partial charge in [-0.1, -0.05) is 12.1 Å². The van der Waals surface area contributed by atoms with E-state index in [1.165, 1.54) is 32.4 Å². The first kappa shape index (κ1) is 25.9. The van der Waals surface area contributed by atoms with Gasteiger partial charge >= 0.3 is 5.97 Å². The van der Waals surface area contributed by atoms with E-state index in [4.69, 9.17) is 14.2 Å². The summed E-state index contributed by atoms with van der Waals surface area (Å²) in [7, 11) is 2.77. The van der Waals surface area contributed by atoms with E-state index in [-0.39, 0.29) is 41.4 Å². The van der Waals surface area contributed by atoms with Crippen LogP contribution in [0.4, 0.5) is 11.4 Å². The van der Waals surface area contributed by atoms with Gasteiger partial charge in [-0.05, 0) is 25.1 Å². The average molecular weight is 500 g/mol. The third-order valence-corrected chi connectivity index (χ3v) is 5.38. The van der Waals surface area contributed by atoms with E-state index >= 15 is 0 Å². The molecule has 13 nitrogen and oxygen atoms in total. The molecule has 1 fully saturated rings. The number of nitrogens with zero attached hydrogens (tertiary/aromatic N) is 2. The number of rotatable bonds is 9. The van der Waals surface area contributed by atoms with Crippen LogP contribution in [-0.2, 0) is 19.1 Å². The monoisotopic (exact) mass is 500 g/mol. The molecule has 0 spiro atoms. The summed E-state index contributed by atoms with van der Waals surface area (Å²) in [5.74, 6) is -3.14. The quantitative estimate of drug-likeness (QED) is 0.295. The van der Waals surface area contributed by atoms with Gasteiger partial charge in [0.1, 0.15) is 17.1 Å². The predicted molar refractivity (Wildman–Crippen MR) is 124 cm³/mol. The topological polar surface area (TPSA) is 166 Å². The molecular weight excluding hydrogens is 476 g/mol. The van der Waals surface area contributed by atoms with Gasteiger partial charge in [-0.2, -0.15) is 0 Å². The van der Waals surface area contributed by atoms with E-state index in [0.717, 1.165) is 5.01 Å². The summed E-state index contributed by atoms with van der Waals surface area (Å²) >= 11 is 0. The van der Waals surface area contributed by atoms with E-state index in [1.54, 1.807) is 25.1 Å². The molecule has 0 bridgehead atoms. The lowest BCUT2D eigenvalue weighted by Gasteiger charge is -2.19. The fourth-order valence-electron chi connectivity index (χ4n) is 3.56. The zero-order valence-corrected chi connectivity index (χ0v) is 19.7. The second kappa shape index (κ2) is 11.2. The summed E-state index contributed by atoms with van der Waals surface area (Å²) in [6, 6.07) is 8.91. The number of hydrogen-bond acceptors (Lipinski definition) is 9. The van der Waals surface area contributed by atoms with Crippen molar-refractivity contribution in [2.75, 3.05) is 32.7 Å². The Kier molecular flexibility index (Phi) is 8.04. The van der Waals surface area contributed by atoms with Crippen molar-refractivity contribution in [3.05, 3.63) is 57.6 Å². The SMILES string of the molecule is COc1cccc(OC)c1C(=O)NN1C[C@@H](C(=O)OCC(=O)Nc2ccc(C)c([N+](=O)[O-])c2)CC1=O. The zero-order valence-electron chi connectivity index (χ0n) is 19.7. The number of nitrogens with one attached hydrogen (secondary N) is 2. The van der Waals surface area contributed by atoms with Crippen LogP contribution in [0.15, 0.2) is 36.4 Å². The van der Waals surface area contributed by atoms with Gasteiger partial charge in [-0.25, -0.2) is 0 Å². The van der Waals surface area contributed by atoms with Crippen molar-refractivity contribution < 1.29 is 38.3 Å². The van der Waals surface area contributed by atoms with Crippen LogP contribution in [0.1, 0.15) is 22.3 Å². The number of nitro benzene ring substituents is 1. The number of aryl methyl sites for hydroxylation is 1. The van der Waals surface area contributed by atoms with Crippen LogP contribution >= 0.6 is 0 Å². The zero-order chi connectivity index (χ0) is 26.4. The molecule has 0 radical (unpaired) electrons. The molecule has 13 heteroatoms. The molecule has 3 rings (SSSR count). The minimum atomic E-state index is -0.911. The van der Waals surface area contributed by atoms with Crippen LogP contribution in [0.5, 0.6) is 11.5 Å². The molecule has 190 valence electrons. The number of benzene rings is 2. The lowest BCUT2D eigenvalue weighted by atomic mass is 10.1. The van der Waals surface area contributed by atoms with Crippen molar-refractivity contribution >= 4 is 35.1 Å². The molecule has 1 heterocycles. The number of ether oxygens (including phenoxy) is 3. The number of nitro groups is 1. The van der Waals surface area contributed by atoms with Crippen LogP contribution < -0.4 is 20.2 Å². The molecule has 0 aromatic heterocycles. The highest BCUT2D eigenvalue weighted by molar-refractivity contribution is 6.01. The molecule has 36 heavy (non-hydrogen) atoms. The van der Waals surface area contributed by atoms with Gasteiger partial charge < -0.3 is 19.5 Å². The summed E-state index contributed by atoms with van der Waals surface area (Å²) in [6.45, 7) is 0.746. The average Bonchev–Trinajstić information content (AvgIpc) is 3.22. The Morgan fingerprint density at radius 2 is 1.81 bits per heavy atom. The van der Waals surface area contributed by atoms with Gasteiger partial charge in [-0.15, -0.1) is 0 Å². The smallest absolute Gasteiger partial charge is 0.311 e. The number of carbonyl (C=O) groups is 4. The minimum absolute atomic E-state index is 0.0781. The predicted octanol–water partition coefficient (Wildman–Crippen LogP) is 1.60. The van der Waals surface area contributed by atoms with E-state index in [9.17, 15) is 29.3 Å². The Hall–Kier alpha value is -4.68. The summed E-state index contributed by atoms with van der Waals surface area (Å²) in [5.41, 5.74) is 2.95. The molecule has 1 aliphatic heterocycles. The van der Waals surface area contributed by atoms with E-state index < -0.39 is 41.1 Å². The molecule has 1 saturated heterocycles. The summed E-state index contributed by atoms with van der Waals surface area (Å²) in [4.78, 5) is 60.2. The van der Waals surface area contributed by atoms with E-state index in [1.807, 2.05) is 0 Å². The second-order valence-corrected chi connectivity index (χ2v) is 7.80. The highest BCUT2D eigenvalue weighted by Crippen LogP contribution is 2.28. The van der Waals surface area contributed by atoms with Gasteiger partial charge in [0, 0.05) is 23.7 Å². The Bertz CT molecular complexity index is 1190. The van der Waals surface area contributed by atoms with Crippen LogP contribution in [0.25, 0.3) is 0 Å². The van der Waals surface area contributed by atoms with Crippen LogP contribution in [0.2, 0.25) is 0 Å². The largest absolute Gasteiger partial charge is 0.496 e. The highest BCUT2D eigenvalue weighted by atomic mass is 16.6. The first-order valence-electron chi connectivity index (χ1n) is 10.7. The van der Waals surface area contributed by atoms with E-state index in [0.29, 0.717) is 5.56 Å². The number of hydrogen-bond donors (Lipinski definition) is 2. The standard InChI is InChI=1S/C23H24N4O9/c1-13-7-8-15(10-16(13)27(32)33)24-19(28)12-36-23(31)14-9-20(29)26(11-14)25-22(30)21-17(34-2)5-4-6-18(21)35-3/h4-8,10,14H,9,11-12H2,1-3H3,(H,24,28)(H,25,30)/t14-/m0/s1. The number of hydrazine groups is 1. The van der Waals surface area contributed by atoms with Crippen LogP contribution in [0.3, 0.4) is 0 Å². The summed E-state index contributed by atoms with van der Waals surface area (Å²) < 4.78 is 15.4. The number of methoxy groups -OCH3 is 2. The first-order chi connectivity index (χ1) is 17.1. The van der Waals surface area contributed by atoms with Gasteiger partial charge in [0.15, 0.2) is 6.61 Å². The van der Waals surface area contributed by atoms with Gasteiger partial charge in [0.25, 0.3) is 17.5 Å². The van der Waals surface area contributed by atoms with Crippen LogP contribution in [-0.4, -0.2) is 61.0 Å². The molecule has 0 unspecified atom stereocenters. The lowest BCUT2D eigenvalue weighted by molar-refractivity contribution is -0.385. The van der Waals surface area contributed by atoms with Crippen molar-refractivity contribution in [1.29, 1.82) is 0 Å². The van der Waals surface area contributed by atoms with Gasteiger partial charge in [0.05, 0.1) is 31.6 Å². The molecule has 2 N–H and O–H groups in total. The van der Waals surface area contributed by atoms with Gasteiger partial charge in [0.2, 0.25) is 5.91 Å². The first-order valence-corrected chi connectivity index (χ1v) is 10.7. The lowest BCUT2D eigenvalue weighted by Crippen LogP contribution is -2.43. The Morgan fingerprint density at radius 1 is 1.14 bits per heavy atom. The Balaban J connectivity index is 1.55. The fourth-order valence-corrected chi connectivity index (χ4v) is 3.56. The van der Waals surface area contributed by atoms with E-state index in [2.05, 4.69) is 10.7 Å². The molecule has 3 amide bonds. The van der Waals surface area contributed by atoms with Crippen molar-refractivity contribution in [1.82, 2.24) is 10.4 Å². The fraction of sp³-hybridized carbons (Fsp3) is 0.304. The van der Waals surface area contributed by atoms with Crippen molar-refractivity contribution in [2.24, 2.45) is 5.92 Å². The molecule has 1 atom stereocenters. The third kappa shape index (κ3) is 5.87. The van der Waals surface area contributed by atoms with Crippen molar-refractivity contribution in [3.63, 3.8) is 0 Å². The summed E-state index contributed by atoms with van der Waals surface area (Å²) in [5, 5.41) is 14.4. The van der Waals surface area contributed by atoms with Crippen LogP contribution in [0, 0.1) is 23.0 Å². The third-order valence-electron chi connectivity index (χ3n) is 5.38. The molecule has 0 saturated carbocycles. The van der Waals surface area contributed by atoms with Gasteiger partial charge in [-0.3, -0.25) is 39.7 Å². The summed E-state index contributed by atoms with van der Waals surface area (Å²) in [6.07, 6.45) is -0.228. The Morgan fingerprint density at radius 3 is 2.42 bits per heavy atom.